The van der Waals surface area contributed by atoms with Crippen LogP contribution in [0.25, 0.3) is 98.0 Å². The highest BCUT2D eigenvalue weighted by Crippen LogP contribution is 2.47. The molecule has 0 amide bonds. The summed E-state index contributed by atoms with van der Waals surface area (Å²) in [6.07, 6.45) is 0. The topological polar surface area (TPSA) is 74.8 Å². The minimum Gasteiger partial charge on any atom is -0.494 e. The number of aromatic amines is 1. The first-order valence-electron chi connectivity index (χ1n) is 14.0. The van der Waals surface area contributed by atoms with Crippen LogP contribution in [-0.2, 0) is 0 Å². The Hall–Kier alpha value is -5.88. The van der Waals surface area contributed by atoms with Gasteiger partial charge in [0.2, 0.25) is 5.88 Å². The minimum absolute atomic E-state index is 0.0203. The molecule has 2 N–H and O–H groups in total. The summed E-state index contributed by atoms with van der Waals surface area (Å²) in [7, 11) is 0. The average Bonchev–Trinajstić information content (AvgIpc) is 3.61. The number of nitrogens with one attached hydrogen (secondary N) is 1. The van der Waals surface area contributed by atoms with E-state index in [9.17, 15) is 9.90 Å². The highest BCUT2D eigenvalue weighted by Gasteiger charge is 2.23. The molecule has 4 aromatic heterocycles. The lowest BCUT2D eigenvalue weighted by atomic mass is 9.86. The summed E-state index contributed by atoms with van der Waals surface area (Å²) in [5.41, 5.74) is 5.08. The number of hydrogen-bond donors (Lipinski definition) is 2. The lowest BCUT2D eigenvalue weighted by Gasteiger charge is -2.19. The number of para-hydroxylation sites is 4. The Morgan fingerprint density at radius 1 is 0.548 bits per heavy atom. The number of aromatic nitrogens is 4. The van der Waals surface area contributed by atoms with Gasteiger partial charge in [0.05, 0.1) is 22.1 Å². The SMILES string of the molecule is O=c1c2ccc3c4ccc5c6c(ccc(c7ccc(c2c37)c2[nH]c3ccccc3n12)c46)c(O)n1c2ccccc2nc51. The maximum Gasteiger partial charge on any atom is 0.264 e. The smallest absolute Gasteiger partial charge is 0.264 e. The second-order valence-corrected chi connectivity index (χ2v) is 11.4. The number of pyridine rings is 2. The van der Waals surface area contributed by atoms with Crippen molar-refractivity contribution in [1.82, 2.24) is 18.8 Å². The summed E-state index contributed by atoms with van der Waals surface area (Å²) in [6, 6.07) is 32.7. The molecule has 4 heterocycles. The van der Waals surface area contributed by atoms with Crippen LogP contribution in [0.1, 0.15) is 0 Å². The van der Waals surface area contributed by atoms with Gasteiger partial charge in [-0.1, -0.05) is 54.6 Å². The van der Waals surface area contributed by atoms with Gasteiger partial charge in [-0.25, -0.2) is 4.98 Å². The monoisotopic (exact) mass is 538 g/mol. The molecule has 11 aromatic rings. The molecule has 6 heteroatoms. The Morgan fingerprint density at radius 2 is 1.10 bits per heavy atom. The molecule has 0 aliphatic heterocycles. The summed E-state index contributed by atoms with van der Waals surface area (Å²) in [4.78, 5) is 22.5. The first kappa shape index (κ1) is 20.9. The summed E-state index contributed by atoms with van der Waals surface area (Å²) in [6.45, 7) is 0. The quantitative estimate of drug-likeness (QED) is 0.151. The molecular formula is C36H18N4O2. The van der Waals surface area contributed by atoms with Crippen molar-refractivity contribution >= 4 is 98.0 Å². The number of H-pyrrole nitrogens is 1. The third-order valence-corrected chi connectivity index (χ3v) is 9.47. The minimum atomic E-state index is -0.0203. The molecule has 0 aliphatic carbocycles. The Kier molecular flexibility index (Phi) is 3.34. The third-order valence-electron chi connectivity index (χ3n) is 9.47. The van der Waals surface area contributed by atoms with Gasteiger partial charge >= 0.3 is 0 Å². The van der Waals surface area contributed by atoms with Gasteiger partial charge in [-0.2, -0.15) is 0 Å². The lowest BCUT2D eigenvalue weighted by molar-refractivity contribution is 0.455. The van der Waals surface area contributed by atoms with Gasteiger partial charge in [0.15, 0.2) is 0 Å². The van der Waals surface area contributed by atoms with Crippen molar-refractivity contribution in [2.45, 2.75) is 0 Å². The van der Waals surface area contributed by atoms with Crippen molar-refractivity contribution in [2.75, 3.05) is 0 Å². The van der Waals surface area contributed by atoms with E-state index in [0.717, 1.165) is 92.6 Å². The molecule has 0 saturated heterocycles. The van der Waals surface area contributed by atoms with Crippen molar-refractivity contribution < 1.29 is 5.11 Å². The van der Waals surface area contributed by atoms with Gasteiger partial charge in [0, 0.05) is 32.3 Å². The van der Waals surface area contributed by atoms with Crippen LogP contribution in [0, 0.1) is 0 Å². The predicted molar refractivity (Wildman–Crippen MR) is 171 cm³/mol. The number of imidazole rings is 2. The van der Waals surface area contributed by atoms with Crippen molar-refractivity contribution in [3.05, 3.63) is 107 Å². The van der Waals surface area contributed by atoms with Gasteiger partial charge < -0.3 is 10.1 Å². The van der Waals surface area contributed by atoms with Gasteiger partial charge in [0.25, 0.3) is 5.56 Å². The molecule has 0 atom stereocenters. The van der Waals surface area contributed by atoms with Crippen LogP contribution in [0.5, 0.6) is 5.88 Å². The van der Waals surface area contributed by atoms with Crippen LogP contribution in [-0.4, -0.2) is 23.9 Å². The Morgan fingerprint density at radius 3 is 1.86 bits per heavy atom. The van der Waals surface area contributed by atoms with E-state index in [-0.39, 0.29) is 11.4 Å². The number of aromatic hydroxyl groups is 1. The average molecular weight is 539 g/mol. The first-order valence-corrected chi connectivity index (χ1v) is 14.0. The Balaban J connectivity index is 1.40. The zero-order valence-electron chi connectivity index (χ0n) is 21.9. The molecule has 0 radical (unpaired) electrons. The molecule has 42 heavy (non-hydrogen) atoms. The van der Waals surface area contributed by atoms with Gasteiger partial charge in [-0.05, 0) is 74.8 Å². The van der Waals surface area contributed by atoms with E-state index in [4.69, 9.17) is 4.98 Å². The highest BCUT2D eigenvalue weighted by atomic mass is 16.3. The number of benzene rings is 7. The maximum absolute atomic E-state index is 14.0. The summed E-state index contributed by atoms with van der Waals surface area (Å²) >= 11 is 0. The number of fused-ring (bicyclic) bond motifs is 10. The summed E-state index contributed by atoms with van der Waals surface area (Å²) < 4.78 is 3.67. The van der Waals surface area contributed by atoms with E-state index in [1.54, 1.807) is 0 Å². The third kappa shape index (κ3) is 2.14. The molecule has 0 unspecified atom stereocenters. The molecule has 0 fully saturated rings. The van der Waals surface area contributed by atoms with Gasteiger partial charge in [-0.15, -0.1) is 0 Å². The van der Waals surface area contributed by atoms with Gasteiger partial charge in [-0.3, -0.25) is 13.6 Å². The zero-order chi connectivity index (χ0) is 27.4. The predicted octanol–water partition coefficient (Wildman–Crippen LogP) is 8.08. The van der Waals surface area contributed by atoms with E-state index in [0.29, 0.717) is 5.39 Å². The second-order valence-electron chi connectivity index (χ2n) is 11.4. The van der Waals surface area contributed by atoms with Crippen LogP contribution >= 0.6 is 0 Å². The summed E-state index contributed by atoms with van der Waals surface area (Å²) in [5.74, 6) is 0.194. The molecule has 0 saturated carbocycles. The lowest BCUT2D eigenvalue weighted by Crippen LogP contribution is -2.13. The molecule has 0 aliphatic rings. The first-order chi connectivity index (χ1) is 20.7. The maximum atomic E-state index is 14.0. The number of nitrogens with zero attached hydrogens (tertiary/aromatic N) is 3. The van der Waals surface area contributed by atoms with E-state index in [1.807, 2.05) is 69.5 Å². The fourth-order valence-corrected chi connectivity index (χ4v) is 7.78. The number of hydrogen-bond acceptors (Lipinski definition) is 3. The van der Waals surface area contributed by atoms with Gasteiger partial charge in [0.1, 0.15) is 11.3 Å². The Labute approximate surface area is 234 Å². The molecule has 6 nitrogen and oxygen atoms in total. The van der Waals surface area contributed by atoms with Crippen LogP contribution in [0.15, 0.2) is 102 Å². The molecule has 0 spiro atoms. The molecule has 11 rings (SSSR count). The molecule has 194 valence electrons. The van der Waals surface area contributed by atoms with E-state index in [2.05, 4.69) is 41.4 Å². The normalized spacial score (nSPS) is 13.0. The highest BCUT2D eigenvalue weighted by molar-refractivity contribution is 6.41. The molecule has 7 aromatic carbocycles. The summed E-state index contributed by atoms with van der Waals surface area (Å²) in [5, 5.41) is 23.7. The van der Waals surface area contributed by atoms with Crippen LogP contribution in [0.3, 0.4) is 0 Å². The van der Waals surface area contributed by atoms with Crippen molar-refractivity contribution in [3.8, 4) is 5.88 Å². The fraction of sp³-hybridized carbons (Fsp3) is 0. The largest absolute Gasteiger partial charge is 0.494 e. The van der Waals surface area contributed by atoms with Crippen LogP contribution in [0.2, 0.25) is 0 Å². The van der Waals surface area contributed by atoms with Crippen LogP contribution in [0.4, 0.5) is 0 Å². The van der Waals surface area contributed by atoms with E-state index in [1.165, 1.54) is 0 Å². The molecule has 0 bridgehead atoms. The Bertz CT molecular complexity index is 3030. The van der Waals surface area contributed by atoms with Crippen molar-refractivity contribution in [1.29, 1.82) is 0 Å². The second kappa shape index (κ2) is 6.70. The zero-order valence-corrected chi connectivity index (χ0v) is 21.9. The fourth-order valence-electron chi connectivity index (χ4n) is 7.78. The van der Waals surface area contributed by atoms with E-state index >= 15 is 0 Å². The number of rotatable bonds is 0. The molecular weight excluding hydrogens is 520 g/mol. The van der Waals surface area contributed by atoms with Crippen molar-refractivity contribution in [3.63, 3.8) is 0 Å². The van der Waals surface area contributed by atoms with Crippen LogP contribution < -0.4 is 5.56 Å². The standard InChI is InChI=1S/C36H18N4O2/c41-35-23-15-11-19-18-10-14-22-32-24(36(42)40-28-8-4-2-6-26(28)38-34(22)40)16-12-20(30(18)32)17-9-13-21(31(23)29(17)19)33-37-25-5-1-3-7-27(25)39(33)35/h1-16,37,42H. The van der Waals surface area contributed by atoms with E-state index < -0.39 is 0 Å². The van der Waals surface area contributed by atoms with Crippen molar-refractivity contribution in [2.24, 2.45) is 0 Å².